The highest BCUT2D eigenvalue weighted by Gasteiger charge is 2.03. The molecule has 1 aromatic carbocycles. The fraction of sp³-hybridized carbons (Fsp3) is 0.182. The van der Waals surface area contributed by atoms with E-state index in [0.29, 0.717) is 5.39 Å². The highest BCUT2D eigenvalue weighted by Crippen LogP contribution is 2.18. The Morgan fingerprint density at radius 3 is 2.86 bits per heavy atom. The van der Waals surface area contributed by atoms with Crippen molar-refractivity contribution in [3.63, 3.8) is 0 Å². The van der Waals surface area contributed by atoms with E-state index >= 15 is 0 Å². The van der Waals surface area contributed by atoms with E-state index in [9.17, 15) is 4.79 Å². The zero-order valence-corrected chi connectivity index (χ0v) is 9.30. The number of fused-ring (bicyclic) bond motifs is 1. The molecule has 2 nitrogen and oxygen atoms in total. The summed E-state index contributed by atoms with van der Waals surface area (Å²) in [5, 5.41) is 1.55. The molecule has 14 heavy (non-hydrogen) atoms. The van der Waals surface area contributed by atoms with Gasteiger partial charge >= 0.3 is 5.63 Å². The lowest BCUT2D eigenvalue weighted by Gasteiger charge is -1.99. The van der Waals surface area contributed by atoms with Crippen molar-refractivity contribution < 1.29 is 4.42 Å². The molecule has 0 saturated carbocycles. The van der Waals surface area contributed by atoms with Crippen molar-refractivity contribution in [1.29, 1.82) is 0 Å². The molecule has 1 aromatic heterocycles. The summed E-state index contributed by atoms with van der Waals surface area (Å²) in [4.78, 5) is 11.5. The first-order chi connectivity index (χ1) is 6.70. The van der Waals surface area contributed by atoms with Gasteiger partial charge in [-0.15, -0.1) is 0 Å². The molecule has 0 N–H and O–H groups in total. The lowest BCUT2D eigenvalue weighted by Crippen LogP contribution is -2.01. The summed E-state index contributed by atoms with van der Waals surface area (Å²) in [6.07, 6.45) is 0.737. The summed E-state index contributed by atoms with van der Waals surface area (Å²) < 4.78 is 6.01. The first-order valence-electron chi connectivity index (χ1n) is 4.43. The molecule has 0 fully saturated rings. The number of aryl methyl sites for hydroxylation is 1. The van der Waals surface area contributed by atoms with Crippen LogP contribution in [0.2, 0.25) is 0 Å². The van der Waals surface area contributed by atoms with Crippen LogP contribution in [0.1, 0.15) is 12.7 Å². The van der Waals surface area contributed by atoms with Crippen molar-refractivity contribution >= 4 is 26.7 Å². The number of halogens is 1. The molecule has 0 aliphatic carbocycles. The van der Waals surface area contributed by atoms with Gasteiger partial charge in [0.15, 0.2) is 0 Å². The summed E-state index contributed by atoms with van der Waals surface area (Å²) in [5.74, 6) is 0.727. The molecule has 0 aliphatic rings. The van der Waals surface area contributed by atoms with E-state index in [2.05, 4.69) is 15.9 Å². The van der Waals surface area contributed by atoms with Crippen LogP contribution >= 0.6 is 15.9 Å². The lowest BCUT2D eigenvalue weighted by molar-refractivity contribution is 0.472. The minimum Gasteiger partial charge on any atom is -0.427 e. The van der Waals surface area contributed by atoms with Gasteiger partial charge < -0.3 is 4.42 Å². The Hall–Kier alpha value is -1.09. The second-order valence-electron chi connectivity index (χ2n) is 3.09. The van der Waals surface area contributed by atoms with Gasteiger partial charge in [0.1, 0.15) is 5.76 Å². The van der Waals surface area contributed by atoms with Crippen molar-refractivity contribution in [3.05, 3.63) is 44.9 Å². The highest BCUT2D eigenvalue weighted by atomic mass is 79.9. The SMILES string of the molecule is CCc1cc2ccc(Br)cc2c(=O)o1. The largest absolute Gasteiger partial charge is 0.427 e. The highest BCUT2D eigenvalue weighted by molar-refractivity contribution is 9.10. The molecule has 2 aromatic rings. The predicted octanol–water partition coefficient (Wildman–Crippen LogP) is 3.12. The quantitative estimate of drug-likeness (QED) is 0.781. The van der Waals surface area contributed by atoms with Gasteiger partial charge in [-0.25, -0.2) is 4.79 Å². The van der Waals surface area contributed by atoms with Crippen LogP contribution in [-0.4, -0.2) is 0 Å². The Kier molecular flexibility index (Phi) is 2.42. The van der Waals surface area contributed by atoms with Gasteiger partial charge in [-0.05, 0) is 23.6 Å². The van der Waals surface area contributed by atoms with Crippen LogP contribution < -0.4 is 5.63 Å². The van der Waals surface area contributed by atoms with Crippen LogP contribution in [-0.2, 0) is 6.42 Å². The molecule has 2 rings (SSSR count). The maximum atomic E-state index is 11.5. The van der Waals surface area contributed by atoms with Gasteiger partial charge in [-0.3, -0.25) is 0 Å². The Morgan fingerprint density at radius 2 is 2.14 bits per heavy atom. The van der Waals surface area contributed by atoms with Gasteiger partial charge in [-0.1, -0.05) is 28.9 Å². The minimum absolute atomic E-state index is 0.263. The monoisotopic (exact) mass is 252 g/mol. The third kappa shape index (κ3) is 1.60. The van der Waals surface area contributed by atoms with Crippen LogP contribution in [0.15, 0.2) is 37.9 Å². The predicted molar refractivity (Wildman–Crippen MR) is 59.6 cm³/mol. The summed E-state index contributed by atoms with van der Waals surface area (Å²) in [7, 11) is 0. The van der Waals surface area contributed by atoms with E-state index in [4.69, 9.17) is 4.42 Å². The van der Waals surface area contributed by atoms with Crippen molar-refractivity contribution in [2.75, 3.05) is 0 Å². The standard InChI is InChI=1S/C11H9BrO2/c1-2-9-5-7-3-4-8(12)6-10(7)11(13)14-9/h3-6H,2H2,1H3. The summed E-state index contributed by atoms with van der Waals surface area (Å²) in [5.41, 5.74) is -0.263. The van der Waals surface area contributed by atoms with E-state index in [1.165, 1.54) is 0 Å². The van der Waals surface area contributed by atoms with E-state index in [1.807, 2.05) is 25.1 Å². The first-order valence-corrected chi connectivity index (χ1v) is 5.22. The molecule has 0 amide bonds. The molecule has 0 bridgehead atoms. The molecule has 72 valence electrons. The van der Waals surface area contributed by atoms with E-state index < -0.39 is 0 Å². The van der Waals surface area contributed by atoms with Crippen LogP contribution in [0, 0.1) is 0 Å². The molecule has 0 spiro atoms. The Labute approximate surface area is 89.7 Å². The zero-order valence-electron chi connectivity index (χ0n) is 7.71. The fourth-order valence-electron chi connectivity index (χ4n) is 1.38. The number of rotatable bonds is 1. The van der Waals surface area contributed by atoms with E-state index in [1.54, 1.807) is 6.07 Å². The average molecular weight is 253 g/mol. The smallest absolute Gasteiger partial charge is 0.343 e. The van der Waals surface area contributed by atoms with Crippen LogP contribution in [0.3, 0.4) is 0 Å². The molecule has 0 radical (unpaired) electrons. The van der Waals surface area contributed by atoms with Gasteiger partial charge in [0.05, 0.1) is 5.39 Å². The Balaban J connectivity index is 2.83. The molecular formula is C11H9BrO2. The maximum Gasteiger partial charge on any atom is 0.343 e. The van der Waals surface area contributed by atoms with Gasteiger partial charge in [0.25, 0.3) is 0 Å². The lowest BCUT2D eigenvalue weighted by atomic mass is 10.1. The second-order valence-corrected chi connectivity index (χ2v) is 4.00. The second kappa shape index (κ2) is 3.58. The molecule has 0 unspecified atom stereocenters. The first kappa shape index (κ1) is 9.46. The zero-order chi connectivity index (χ0) is 10.1. The third-order valence-electron chi connectivity index (χ3n) is 2.12. The molecule has 3 heteroatoms. The average Bonchev–Trinajstić information content (AvgIpc) is 2.19. The van der Waals surface area contributed by atoms with Gasteiger partial charge in [0, 0.05) is 10.9 Å². The molecule has 1 heterocycles. The number of benzene rings is 1. The molecule has 0 aliphatic heterocycles. The number of hydrogen-bond donors (Lipinski definition) is 0. The van der Waals surface area contributed by atoms with Gasteiger partial charge in [0.2, 0.25) is 0 Å². The Bertz CT molecular complexity index is 528. The normalized spacial score (nSPS) is 10.7. The van der Waals surface area contributed by atoms with Crippen LogP contribution in [0.4, 0.5) is 0 Å². The van der Waals surface area contributed by atoms with Crippen LogP contribution in [0.25, 0.3) is 10.8 Å². The van der Waals surface area contributed by atoms with Crippen molar-refractivity contribution in [2.45, 2.75) is 13.3 Å². The van der Waals surface area contributed by atoms with E-state index in [-0.39, 0.29) is 5.63 Å². The fourth-order valence-corrected chi connectivity index (χ4v) is 1.74. The van der Waals surface area contributed by atoms with E-state index in [0.717, 1.165) is 22.0 Å². The summed E-state index contributed by atoms with van der Waals surface area (Å²) in [6.45, 7) is 1.96. The van der Waals surface area contributed by atoms with Crippen molar-refractivity contribution in [3.8, 4) is 0 Å². The Morgan fingerprint density at radius 1 is 1.36 bits per heavy atom. The van der Waals surface area contributed by atoms with Crippen molar-refractivity contribution in [1.82, 2.24) is 0 Å². The van der Waals surface area contributed by atoms with Crippen molar-refractivity contribution in [2.24, 2.45) is 0 Å². The summed E-state index contributed by atoms with van der Waals surface area (Å²) >= 11 is 3.32. The number of hydrogen-bond acceptors (Lipinski definition) is 2. The molecule has 0 saturated heterocycles. The van der Waals surface area contributed by atoms with Gasteiger partial charge in [-0.2, -0.15) is 0 Å². The minimum atomic E-state index is -0.263. The maximum absolute atomic E-state index is 11.5. The third-order valence-corrected chi connectivity index (χ3v) is 2.62. The molecular weight excluding hydrogens is 244 g/mol. The molecule has 0 atom stereocenters. The topological polar surface area (TPSA) is 30.2 Å². The summed E-state index contributed by atoms with van der Waals surface area (Å²) in [6, 6.07) is 7.51. The van der Waals surface area contributed by atoms with Crippen LogP contribution in [0.5, 0.6) is 0 Å².